The maximum Gasteiger partial charge on any atom is 0.511 e. The van der Waals surface area contributed by atoms with E-state index >= 15 is 0 Å². The highest BCUT2D eigenvalue weighted by Crippen LogP contribution is 2.16. The molecule has 104 valence electrons. The lowest BCUT2D eigenvalue weighted by Crippen LogP contribution is -2.27. The van der Waals surface area contributed by atoms with E-state index in [1.165, 1.54) is 6.42 Å². The molecule has 0 aromatic heterocycles. The van der Waals surface area contributed by atoms with Gasteiger partial charge in [0.15, 0.2) is 0 Å². The predicted octanol–water partition coefficient (Wildman–Crippen LogP) is 1.74. The molecule has 1 aliphatic heterocycles. The van der Waals surface area contributed by atoms with Gasteiger partial charge in [-0.3, -0.25) is 4.79 Å². The van der Waals surface area contributed by atoms with Gasteiger partial charge in [-0.1, -0.05) is 32.6 Å². The molecule has 0 radical (unpaired) electrons. The van der Waals surface area contributed by atoms with Gasteiger partial charge >= 0.3 is 12.1 Å². The number of carbonyl (C=O) groups excluding carboxylic acids is 2. The highest BCUT2D eigenvalue weighted by atomic mass is 16.8. The van der Waals surface area contributed by atoms with E-state index in [4.69, 9.17) is 4.74 Å². The summed E-state index contributed by atoms with van der Waals surface area (Å²) in [7, 11) is 0. The summed E-state index contributed by atoms with van der Waals surface area (Å²) in [6.45, 7) is 2.40. The zero-order chi connectivity index (χ0) is 13.4. The zero-order valence-electron chi connectivity index (χ0n) is 10.6. The highest BCUT2D eigenvalue weighted by molar-refractivity contribution is 5.72. The normalized spacial score (nSPS) is 22.7. The van der Waals surface area contributed by atoms with Crippen molar-refractivity contribution in [3.63, 3.8) is 0 Å². The van der Waals surface area contributed by atoms with Crippen molar-refractivity contribution in [1.29, 1.82) is 0 Å². The Morgan fingerprint density at radius 2 is 2.11 bits per heavy atom. The van der Waals surface area contributed by atoms with E-state index in [9.17, 15) is 14.7 Å². The van der Waals surface area contributed by atoms with Gasteiger partial charge in [-0.15, -0.1) is 0 Å². The van der Waals surface area contributed by atoms with Crippen molar-refractivity contribution in [1.82, 2.24) is 0 Å². The van der Waals surface area contributed by atoms with Gasteiger partial charge in [0.05, 0.1) is 13.0 Å². The Hall–Kier alpha value is -1.30. The van der Waals surface area contributed by atoms with Crippen molar-refractivity contribution >= 4 is 12.1 Å². The van der Waals surface area contributed by atoms with Crippen molar-refractivity contribution in [2.45, 2.75) is 57.8 Å². The largest absolute Gasteiger partial charge is 0.511 e. The molecule has 1 fully saturated rings. The van der Waals surface area contributed by atoms with Crippen molar-refractivity contribution in [2.75, 3.05) is 6.61 Å². The number of hydrogen-bond donors (Lipinski definition) is 1. The second kappa shape index (κ2) is 7.92. The fraction of sp³-hybridized carbons (Fsp3) is 0.833. The average Bonchev–Trinajstić information content (AvgIpc) is 2.62. The Kier molecular flexibility index (Phi) is 6.49. The lowest BCUT2D eigenvalue weighted by atomic mass is 10.2. The molecule has 0 unspecified atom stereocenters. The van der Waals surface area contributed by atoms with Crippen LogP contribution in [0.25, 0.3) is 0 Å². The number of hydrogen-bond acceptors (Lipinski definition) is 6. The van der Waals surface area contributed by atoms with Gasteiger partial charge < -0.3 is 19.3 Å². The van der Waals surface area contributed by atoms with E-state index in [-0.39, 0.29) is 13.0 Å². The maximum absolute atomic E-state index is 11.2. The molecule has 0 saturated carbocycles. The molecule has 1 aliphatic rings. The van der Waals surface area contributed by atoms with Crippen LogP contribution in [0.1, 0.15) is 45.4 Å². The molecule has 1 N–H and O–H groups in total. The van der Waals surface area contributed by atoms with E-state index in [0.29, 0.717) is 0 Å². The van der Waals surface area contributed by atoms with Crippen LogP contribution in [0.4, 0.5) is 4.79 Å². The fourth-order valence-corrected chi connectivity index (χ4v) is 1.62. The summed E-state index contributed by atoms with van der Waals surface area (Å²) in [5, 5.41) is 9.30. The number of ether oxygens (including phenoxy) is 3. The molecular weight excluding hydrogens is 240 g/mol. The van der Waals surface area contributed by atoms with E-state index in [2.05, 4.69) is 16.4 Å². The number of carbonyl (C=O) groups is 2. The molecule has 2 atom stereocenters. The Bertz CT molecular complexity index is 278. The van der Waals surface area contributed by atoms with Gasteiger partial charge in [0.25, 0.3) is 6.29 Å². The molecule has 1 saturated heterocycles. The Morgan fingerprint density at radius 3 is 2.72 bits per heavy atom. The number of unbranched alkanes of at least 4 members (excludes halogenated alkanes) is 4. The molecule has 0 amide bonds. The van der Waals surface area contributed by atoms with Crippen LogP contribution >= 0.6 is 0 Å². The first-order chi connectivity index (χ1) is 8.63. The van der Waals surface area contributed by atoms with Crippen LogP contribution in [-0.2, 0) is 19.0 Å². The van der Waals surface area contributed by atoms with E-state index in [0.717, 1.165) is 25.7 Å². The van der Waals surface area contributed by atoms with E-state index in [1.54, 1.807) is 0 Å². The fourth-order valence-electron chi connectivity index (χ4n) is 1.62. The predicted molar refractivity (Wildman–Crippen MR) is 61.7 cm³/mol. The summed E-state index contributed by atoms with van der Waals surface area (Å²) in [5.41, 5.74) is 0. The summed E-state index contributed by atoms with van der Waals surface area (Å²) >= 11 is 0. The van der Waals surface area contributed by atoms with Crippen LogP contribution in [-0.4, -0.2) is 36.2 Å². The summed E-state index contributed by atoms with van der Waals surface area (Å²) in [5.74, 6) is -0.583. The smallest absolute Gasteiger partial charge is 0.434 e. The number of esters is 1. The molecule has 0 spiro atoms. The minimum absolute atomic E-state index is 0.158. The minimum Gasteiger partial charge on any atom is -0.434 e. The average molecular weight is 260 g/mol. The van der Waals surface area contributed by atoms with Gasteiger partial charge in [-0.25, -0.2) is 4.79 Å². The first-order valence-electron chi connectivity index (χ1n) is 6.34. The molecule has 0 bridgehead atoms. The van der Waals surface area contributed by atoms with Crippen molar-refractivity contribution < 1.29 is 28.9 Å². The molecule has 1 heterocycles. The summed E-state index contributed by atoms with van der Waals surface area (Å²) < 4.78 is 14.1. The third-order valence-electron chi connectivity index (χ3n) is 2.62. The number of aliphatic hydroxyl groups is 1. The molecule has 6 heteroatoms. The molecular formula is C12H20O6. The first-order valence-corrected chi connectivity index (χ1v) is 6.34. The molecule has 1 rings (SSSR count). The third kappa shape index (κ3) is 5.35. The minimum atomic E-state index is -1.23. The van der Waals surface area contributed by atoms with Crippen LogP contribution in [0.15, 0.2) is 0 Å². The summed E-state index contributed by atoms with van der Waals surface area (Å²) in [4.78, 5) is 22.0. The monoisotopic (exact) mass is 260 g/mol. The van der Waals surface area contributed by atoms with Crippen molar-refractivity contribution in [2.24, 2.45) is 0 Å². The molecule has 0 aromatic carbocycles. The maximum atomic E-state index is 11.2. The zero-order valence-corrected chi connectivity index (χ0v) is 10.6. The highest BCUT2D eigenvalue weighted by Gasteiger charge is 2.36. The second-order valence-electron chi connectivity index (χ2n) is 4.26. The van der Waals surface area contributed by atoms with Crippen molar-refractivity contribution in [3.05, 3.63) is 0 Å². The molecule has 6 nitrogen and oxygen atoms in total. The van der Waals surface area contributed by atoms with Crippen molar-refractivity contribution in [3.8, 4) is 0 Å². The van der Waals surface area contributed by atoms with Gasteiger partial charge in [0.2, 0.25) is 0 Å². The van der Waals surface area contributed by atoms with Crippen LogP contribution in [0.3, 0.4) is 0 Å². The quantitative estimate of drug-likeness (QED) is 0.554. The van der Waals surface area contributed by atoms with E-state index < -0.39 is 24.5 Å². The topological polar surface area (TPSA) is 82.1 Å². The second-order valence-corrected chi connectivity index (χ2v) is 4.26. The van der Waals surface area contributed by atoms with E-state index in [1.807, 2.05) is 0 Å². The van der Waals surface area contributed by atoms with Crippen LogP contribution < -0.4 is 0 Å². The summed E-state index contributed by atoms with van der Waals surface area (Å²) in [6, 6.07) is 0. The number of aliphatic hydroxyl groups excluding tert-OH is 1. The molecule has 0 aromatic rings. The lowest BCUT2D eigenvalue weighted by Gasteiger charge is -2.13. The van der Waals surface area contributed by atoms with Gasteiger partial charge in [0.1, 0.15) is 6.10 Å². The number of rotatable bonds is 7. The Balaban J connectivity index is 2.05. The molecule has 18 heavy (non-hydrogen) atoms. The standard InChI is InChI=1S/C12H20O6/c1-2-3-4-5-6-7-16-12(15)18-11-9(13)8-10(14)17-11/h9,11,13H,2-8H2,1H3/t9-,11+/m0/s1. The lowest BCUT2D eigenvalue weighted by molar-refractivity contribution is -0.163. The van der Waals surface area contributed by atoms with Crippen LogP contribution in [0.2, 0.25) is 0 Å². The number of cyclic esters (lactones) is 1. The van der Waals surface area contributed by atoms with Gasteiger partial charge in [0, 0.05) is 0 Å². The summed E-state index contributed by atoms with van der Waals surface area (Å²) in [6.07, 6.45) is 1.83. The first kappa shape index (κ1) is 14.8. The Morgan fingerprint density at radius 1 is 1.39 bits per heavy atom. The van der Waals surface area contributed by atoms with Gasteiger partial charge in [-0.2, -0.15) is 0 Å². The Labute approximate surface area is 106 Å². The van der Waals surface area contributed by atoms with Crippen LogP contribution in [0, 0.1) is 0 Å². The third-order valence-corrected chi connectivity index (χ3v) is 2.62. The SMILES string of the molecule is CCCCCCCOC(=O)O[C@H]1OC(=O)C[C@@H]1O. The van der Waals surface area contributed by atoms with Gasteiger partial charge in [-0.05, 0) is 6.42 Å². The van der Waals surface area contributed by atoms with Crippen LogP contribution in [0.5, 0.6) is 0 Å². The molecule has 0 aliphatic carbocycles.